The van der Waals surface area contributed by atoms with E-state index in [4.69, 9.17) is 0 Å². The molecule has 0 saturated heterocycles. The van der Waals surface area contributed by atoms with Gasteiger partial charge in [-0.3, -0.25) is 0 Å². The van der Waals surface area contributed by atoms with Crippen molar-refractivity contribution in [2.45, 2.75) is 12.6 Å². The summed E-state index contributed by atoms with van der Waals surface area (Å²) in [5.41, 5.74) is 2.69. The van der Waals surface area contributed by atoms with Gasteiger partial charge in [0.1, 0.15) is 6.04 Å². The maximum Gasteiger partial charge on any atom is 0.117 e. The van der Waals surface area contributed by atoms with E-state index >= 15 is 0 Å². The number of nitrogens with zero attached hydrogens (tertiary/aromatic N) is 3. The lowest BCUT2D eigenvalue weighted by molar-refractivity contribution is 0.512. The summed E-state index contributed by atoms with van der Waals surface area (Å²) >= 11 is 0. The van der Waals surface area contributed by atoms with Crippen molar-refractivity contribution in [1.29, 1.82) is 0 Å². The topological polar surface area (TPSA) is 29.6 Å². The largest absolute Gasteiger partial charge is 0.342 e. The molecule has 2 aliphatic rings. The minimum Gasteiger partial charge on any atom is -0.342 e. The smallest absolute Gasteiger partial charge is 0.117 e. The third kappa shape index (κ3) is 0.856. The molecule has 15 heavy (non-hydrogen) atoms. The summed E-state index contributed by atoms with van der Waals surface area (Å²) in [6.07, 6.45) is 0. The molecule has 0 saturated carbocycles. The minimum absolute atomic E-state index is 0.331. The SMILES string of the molecule is c1ccc2c(c1)cc1n2C[C@H]2CN=N[C@@H]12. The third-order valence-corrected chi connectivity index (χ3v) is 3.53. The number of azo groups is 1. The van der Waals surface area contributed by atoms with Crippen molar-refractivity contribution in [2.24, 2.45) is 16.1 Å². The van der Waals surface area contributed by atoms with Crippen LogP contribution in [0.4, 0.5) is 0 Å². The van der Waals surface area contributed by atoms with Gasteiger partial charge in [0.15, 0.2) is 0 Å². The Kier molecular flexibility index (Phi) is 1.26. The number of para-hydroxylation sites is 1. The number of fused-ring (bicyclic) bond motifs is 5. The van der Waals surface area contributed by atoms with E-state index in [1.54, 1.807) is 0 Å². The maximum absolute atomic E-state index is 4.34. The summed E-state index contributed by atoms with van der Waals surface area (Å²) in [4.78, 5) is 0. The van der Waals surface area contributed by atoms with Crippen molar-refractivity contribution < 1.29 is 0 Å². The number of benzene rings is 1. The van der Waals surface area contributed by atoms with Crippen LogP contribution >= 0.6 is 0 Å². The van der Waals surface area contributed by atoms with E-state index in [0.717, 1.165) is 13.1 Å². The lowest BCUT2D eigenvalue weighted by Gasteiger charge is -2.03. The highest BCUT2D eigenvalue weighted by atomic mass is 15.2. The van der Waals surface area contributed by atoms with Crippen LogP contribution in [0.25, 0.3) is 10.9 Å². The van der Waals surface area contributed by atoms with Crippen molar-refractivity contribution in [2.75, 3.05) is 6.54 Å². The molecule has 4 rings (SSSR count). The van der Waals surface area contributed by atoms with Gasteiger partial charge >= 0.3 is 0 Å². The molecule has 1 aromatic carbocycles. The second kappa shape index (κ2) is 2.48. The molecule has 0 aliphatic carbocycles. The average molecular weight is 197 g/mol. The van der Waals surface area contributed by atoms with Gasteiger partial charge in [-0.05, 0) is 17.5 Å². The Bertz CT molecular complexity index is 567. The van der Waals surface area contributed by atoms with E-state index in [9.17, 15) is 0 Å². The van der Waals surface area contributed by atoms with Crippen LogP contribution in [0.1, 0.15) is 11.7 Å². The van der Waals surface area contributed by atoms with Crippen molar-refractivity contribution in [3.05, 3.63) is 36.0 Å². The summed E-state index contributed by atoms with van der Waals surface area (Å²) < 4.78 is 2.41. The first kappa shape index (κ1) is 7.63. The molecule has 0 spiro atoms. The van der Waals surface area contributed by atoms with E-state index in [0.29, 0.717) is 12.0 Å². The predicted molar refractivity (Wildman–Crippen MR) is 57.9 cm³/mol. The van der Waals surface area contributed by atoms with Crippen molar-refractivity contribution in [3.63, 3.8) is 0 Å². The van der Waals surface area contributed by atoms with Crippen LogP contribution < -0.4 is 0 Å². The Balaban J connectivity index is 2.03. The average Bonchev–Trinajstić information content (AvgIpc) is 2.87. The zero-order valence-electron chi connectivity index (χ0n) is 8.30. The van der Waals surface area contributed by atoms with Crippen molar-refractivity contribution in [3.8, 4) is 0 Å². The first-order chi connectivity index (χ1) is 7.43. The quantitative estimate of drug-likeness (QED) is 0.621. The first-order valence-electron chi connectivity index (χ1n) is 5.38. The lowest BCUT2D eigenvalue weighted by Crippen LogP contribution is -2.04. The normalized spacial score (nSPS) is 27.2. The Hall–Kier alpha value is -1.64. The molecule has 3 heteroatoms. The van der Waals surface area contributed by atoms with Gasteiger partial charge in [-0.25, -0.2) is 0 Å². The Morgan fingerprint density at radius 1 is 1.27 bits per heavy atom. The molecule has 2 atom stereocenters. The molecule has 0 N–H and O–H groups in total. The number of hydrogen-bond donors (Lipinski definition) is 0. The van der Waals surface area contributed by atoms with Gasteiger partial charge in [-0.1, -0.05) is 18.2 Å². The second-order valence-electron chi connectivity index (χ2n) is 4.38. The third-order valence-electron chi connectivity index (χ3n) is 3.53. The van der Waals surface area contributed by atoms with E-state index in [1.165, 1.54) is 16.6 Å². The van der Waals surface area contributed by atoms with Crippen molar-refractivity contribution >= 4 is 10.9 Å². The van der Waals surface area contributed by atoms with Gasteiger partial charge in [0.05, 0.1) is 6.54 Å². The number of aromatic nitrogens is 1. The van der Waals surface area contributed by atoms with Gasteiger partial charge in [0, 0.05) is 23.7 Å². The molecule has 0 fully saturated rings. The number of hydrogen-bond acceptors (Lipinski definition) is 2. The molecule has 2 aliphatic heterocycles. The van der Waals surface area contributed by atoms with Crippen LogP contribution in [0.3, 0.4) is 0 Å². The first-order valence-corrected chi connectivity index (χ1v) is 5.38. The van der Waals surface area contributed by atoms with Gasteiger partial charge in [0.25, 0.3) is 0 Å². The Labute approximate surface area is 87.4 Å². The minimum atomic E-state index is 0.331. The lowest BCUT2D eigenvalue weighted by atomic mass is 10.0. The zero-order valence-corrected chi connectivity index (χ0v) is 8.30. The molecule has 3 nitrogen and oxygen atoms in total. The van der Waals surface area contributed by atoms with Gasteiger partial charge in [-0.15, -0.1) is 0 Å². The molecule has 0 amide bonds. The predicted octanol–water partition coefficient (Wildman–Crippen LogP) is 2.78. The monoisotopic (exact) mass is 197 g/mol. The molecular formula is C12H11N3. The highest BCUT2D eigenvalue weighted by molar-refractivity contribution is 5.81. The van der Waals surface area contributed by atoms with Crippen LogP contribution in [0.2, 0.25) is 0 Å². The molecule has 74 valence electrons. The van der Waals surface area contributed by atoms with Crippen LogP contribution in [0.5, 0.6) is 0 Å². The van der Waals surface area contributed by atoms with Crippen molar-refractivity contribution in [1.82, 2.24) is 4.57 Å². The molecule has 1 aromatic heterocycles. The van der Waals surface area contributed by atoms with Crippen LogP contribution in [-0.2, 0) is 6.54 Å². The highest BCUT2D eigenvalue weighted by Crippen LogP contribution is 2.41. The van der Waals surface area contributed by atoms with E-state index in [1.807, 2.05) is 0 Å². The highest BCUT2D eigenvalue weighted by Gasteiger charge is 2.36. The second-order valence-corrected chi connectivity index (χ2v) is 4.38. The van der Waals surface area contributed by atoms with Gasteiger partial charge in [0.2, 0.25) is 0 Å². The Morgan fingerprint density at radius 3 is 3.20 bits per heavy atom. The van der Waals surface area contributed by atoms with Gasteiger partial charge < -0.3 is 4.57 Å². The van der Waals surface area contributed by atoms with E-state index in [-0.39, 0.29) is 0 Å². The fraction of sp³-hybridized carbons (Fsp3) is 0.333. The fourth-order valence-corrected chi connectivity index (χ4v) is 2.81. The molecule has 0 unspecified atom stereocenters. The summed E-state index contributed by atoms with van der Waals surface area (Å²) in [5, 5.41) is 9.81. The molecule has 3 heterocycles. The summed E-state index contributed by atoms with van der Waals surface area (Å²) in [6.45, 7) is 1.99. The summed E-state index contributed by atoms with van der Waals surface area (Å²) in [6, 6.07) is 11.2. The summed E-state index contributed by atoms with van der Waals surface area (Å²) in [7, 11) is 0. The van der Waals surface area contributed by atoms with Gasteiger partial charge in [-0.2, -0.15) is 10.2 Å². The van der Waals surface area contributed by atoms with Crippen LogP contribution in [0, 0.1) is 5.92 Å². The Morgan fingerprint density at radius 2 is 2.20 bits per heavy atom. The standard InChI is InChI=1S/C12H11N3/c1-2-4-10-8(3-1)5-11-12-9(6-13-14-12)7-15(10)11/h1-5,9,12H,6-7H2/t9-,12-/m1/s1. The van der Waals surface area contributed by atoms with E-state index < -0.39 is 0 Å². The summed E-state index contributed by atoms with van der Waals surface area (Å²) in [5.74, 6) is 0.615. The molecular weight excluding hydrogens is 186 g/mol. The molecule has 2 aromatic rings. The zero-order chi connectivity index (χ0) is 9.83. The number of rotatable bonds is 0. The van der Waals surface area contributed by atoms with Crippen LogP contribution in [0.15, 0.2) is 40.6 Å². The van der Waals surface area contributed by atoms with Crippen LogP contribution in [-0.4, -0.2) is 11.1 Å². The van der Waals surface area contributed by atoms with E-state index in [2.05, 4.69) is 45.1 Å². The fourth-order valence-electron chi connectivity index (χ4n) is 2.81. The maximum atomic E-state index is 4.34. The molecule has 0 radical (unpaired) electrons. The molecule has 0 bridgehead atoms.